The van der Waals surface area contributed by atoms with Crippen LogP contribution in [0.5, 0.6) is 0 Å². The summed E-state index contributed by atoms with van der Waals surface area (Å²) >= 11 is 1.30. The number of nitrogens with one attached hydrogen (secondary N) is 2. The molecule has 2 atom stereocenters. The van der Waals surface area contributed by atoms with Crippen molar-refractivity contribution in [3.63, 3.8) is 0 Å². The molecule has 13 heteroatoms. The summed E-state index contributed by atoms with van der Waals surface area (Å²) < 4.78 is 59.3. The molecule has 1 aliphatic carbocycles. The molecule has 5 rings (SSSR count). The maximum absolute atomic E-state index is 14.5. The first kappa shape index (κ1) is 27.8. The number of piperidine rings is 2. The molecule has 1 amide bonds. The minimum atomic E-state index is -2.73. The Balaban J connectivity index is 1.38. The number of carbonyl (C=O) groups is 1. The number of aryl methyl sites for hydroxylation is 1. The van der Waals surface area contributed by atoms with Crippen LogP contribution >= 0.6 is 11.9 Å². The van der Waals surface area contributed by atoms with E-state index in [1.807, 2.05) is 4.90 Å². The molecule has 2 aliphatic heterocycles. The van der Waals surface area contributed by atoms with Crippen molar-refractivity contribution in [3.05, 3.63) is 35.5 Å². The number of aliphatic hydroxyl groups excluding tert-OH is 1. The summed E-state index contributed by atoms with van der Waals surface area (Å²) in [6.45, 7) is 4.07. The highest BCUT2D eigenvalue weighted by atomic mass is 32.2. The first-order chi connectivity index (χ1) is 18.4. The van der Waals surface area contributed by atoms with Crippen molar-refractivity contribution < 1.29 is 27.5 Å². The van der Waals surface area contributed by atoms with E-state index in [0.717, 1.165) is 0 Å². The smallest absolute Gasteiger partial charge is 0.259 e. The number of aliphatic hydroxyl groups is 1. The zero-order valence-corrected chi connectivity index (χ0v) is 22.6. The Morgan fingerprint density at radius 1 is 1.10 bits per heavy atom. The molecule has 1 aromatic heterocycles. The van der Waals surface area contributed by atoms with E-state index in [1.54, 1.807) is 43.0 Å². The van der Waals surface area contributed by atoms with Crippen LogP contribution in [-0.4, -0.2) is 71.4 Å². The topological polar surface area (TPSA) is 93.6 Å². The number of aromatic nitrogens is 2. The third-order valence-corrected chi connectivity index (χ3v) is 8.78. The van der Waals surface area contributed by atoms with Crippen LogP contribution in [-0.2, 0) is 0 Å². The van der Waals surface area contributed by atoms with Gasteiger partial charge in [0.05, 0.1) is 23.8 Å². The third kappa shape index (κ3) is 5.47. The van der Waals surface area contributed by atoms with Crippen molar-refractivity contribution in [1.82, 2.24) is 9.97 Å². The number of halogens is 4. The number of nitrogens with zero attached hydrogens (tertiary/aromatic N) is 4. The molecule has 3 fully saturated rings. The summed E-state index contributed by atoms with van der Waals surface area (Å²) in [5, 5.41) is 11.9. The highest BCUT2D eigenvalue weighted by Gasteiger charge is 2.78. The Morgan fingerprint density at radius 2 is 1.82 bits per heavy atom. The number of carbonyl (C=O) groups excluding carboxylic acids is 1. The van der Waals surface area contributed by atoms with Crippen LogP contribution in [0.3, 0.4) is 0 Å². The molecule has 0 radical (unpaired) electrons. The molecule has 2 saturated heterocycles. The fraction of sp³-hybridized carbons (Fsp3) is 0.577. The van der Waals surface area contributed by atoms with E-state index in [1.165, 1.54) is 11.9 Å². The van der Waals surface area contributed by atoms with Crippen LogP contribution in [0.2, 0.25) is 0 Å². The summed E-state index contributed by atoms with van der Waals surface area (Å²) in [7, 11) is 0. The van der Waals surface area contributed by atoms with E-state index in [4.69, 9.17) is 5.11 Å². The number of amides is 1. The van der Waals surface area contributed by atoms with E-state index >= 15 is 0 Å². The summed E-state index contributed by atoms with van der Waals surface area (Å²) in [4.78, 5) is 25.8. The Labute approximate surface area is 228 Å². The lowest BCUT2D eigenvalue weighted by atomic mass is 9.96. The summed E-state index contributed by atoms with van der Waals surface area (Å²) in [5.41, 5.74) is 1.07. The number of hydrogen-bond donors (Lipinski definition) is 3. The second kappa shape index (κ2) is 10.3. The molecule has 1 saturated carbocycles. The van der Waals surface area contributed by atoms with Crippen LogP contribution in [0.1, 0.15) is 42.2 Å². The SMILES string of the molecule is Cc1cc(NC(=O)c2ccc(NSCCO)cc2N2CCC3(C)C(C2)C3(F)F)nc(N2CCC(F)(F)CC2)n1. The Hall–Kier alpha value is -2.80. The average Bonchev–Trinajstić information content (AvgIpc) is 3.34. The molecule has 2 aromatic rings. The van der Waals surface area contributed by atoms with Crippen LogP contribution in [0.25, 0.3) is 0 Å². The van der Waals surface area contributed by atoms with Gasteiger partial charge in [-0.25, -0.2) is 22.5 Å². The van der Waals surface area contributed by atoms with E-state index in [-0.39, 0.29) is 50.8 Å². The predicted octanol–water partition coefficient (Wildman–Crippen LogP) is 4.81. The maximum atomic E-state index is 14.5. The number of fused-ring (bicyclic) bond motifs is 1. The Kier molecular flexibility index (Phi) is 7.34. The van der Waals surface area contributed by atoms with Crippen molar-refractivity contribution in [2.24, 2.45) is 11.3 Å². The Morgan fingerprint density at radius 3 is 2.51 bits per heavy atom. The molecule has 2 unspecified atom stereocenters. The van der Waals surface area contributed by atoms with Gasteiger partial charge in [0.2, 0.25) is 5.95 Å². The molecule has 0 spiro atoms. The lowest BCUT2D eigenvalue weighted by Gasteiger charge is -2.32. The van der Waals surface area contributed by atoms with Crippen molar-refractivity contribution in [2.45, 2.75) is 45.0 Å². The average molecular weight is 569 g/mol. The van der Waals surface area contributed by atoms with E-state index in [0.29, 0.717) is 41.4 Å². The van der Waals surface area contributed by atoms with Gasteiger partial charge in [0, 0.05) is 67.6 Å². The van der Waals surface area contributed by atoms with Crippen LogP contribution in [0, 0.1) is 18.3 Å². The first-order valence-electron chi connectivity index (χ1n) is 13.0. The second-order valence-corrected chi connectivity index (χ2v) is 11.6. The first-order valence-corrected chi connectivity index (χ1v) is 14.0. The summed E-state index contributed by atoms with van der Waals surface area (Å²) in [6, 6.07) is 6.70. The minimum Gasteiger partial charge on any atom is -0.395 e. The van der Waals surface area contributed by atoms with Gasteiger partial charge in [-0.05, 0) is 31.5 Å². The minimum absolute atomic E-state index is 0.00726. The number of alkyl halides is 4. The number of anilines is 4. The van der Waals surface area contributed by atoms with E-state index in [2.05, 4.69) is 20.0 Å². The molecule has 1 aromatic carbocycles. The van der Waals surface area contributed by atoms with Crippen LogP contribution < -0.4 is 19.8 Å². The van der Waals surface area contributed by atoms with Crippen molar-refractivity contribution in [1.29, 1.82) is 0 Å². The number of benzene rings is 1. The molecule has 3 N–H and O–H groups in total. The normalized spacial score (nSPS) is 25.2. The van der Waals surface area contributed by atoms with Gasteiger partial charge in [0.15, 0.2) is 0 Å². The third-order valence-electron chi connectivity index (χ3n) is 8.02. The molecular formula is C26H32F4N6O2S. The van der Waals surface area contributed by atoms with Gasteiger partial charge in [0.25, 0.3) is 17.8 Å². The second-order valence-electron chi connectivity index (χ2n) is 10.7. The highest BCUT2D eigenvalue weighted by molar-refractivity contribution is 8.00. The fourth-order valence-corrected chi connectivity index (χ4v) is 5.92. The van der Waals surface area contributed by atoms with Crippen molar-refractivity contribution in [3.8, 4) is 0 Å². The molecule has 3 heterocycles. The van der Waals surface area contributed by atoms with Gasteiger partial charge in [-0.15, -0.1) is 0 Å². The molecule has 39 heavy (non-hydrogen) atoms. The monoisotopic (exact) mass is 568 g/mol. The van der Waals surface area contributed by atoms with Gasteiger partial charge in [-0.1, -0.05) is 18.9 Å². The molecule has 0 bridgehead atoms. The Bertz CT molecular complexity index is 1240. The number of hydrogen-bond acceptors (Lipinski definition) is 8. The maximum Gasteiger partial charge on any atom is 0.259 e. The quantitative estimate of drug-likeness (QED) is 0.238. The number of rotatable bonds is 8. The van der Waals surface area contributed by atoms with E-state index < -0.39 is 29.1 Å². The standard InChI is InChI=1S/C26H32F4N6O2S/c1-16-13-21(33-23(31-16)35-9-6-25(27,28)7-10-35)32-22(38)18-4-3-17(34-39-12-11-37)14-19(18)36-8-5-24(2)20(15-36)26(24,29)30/h3-4,13-14,20,34,37H,5-12,15H2,1-2H3,(H,31,32,33,38). The van der Waals surface area contributed by atoms with E-state index in [9.17, 15) is 22.4 Å². The molecule has 212 valence electrons. The predicted molar refractivity (Wildman–Crippen MR) is 144 cm³/mol. The zero-order valence-electron chi connectivity index (χ0n) is 21.8. The highest BCUT2D eigenvalue weighted by Crippen LogP contribution is 2.69. The largest absolute Gasteiger partial charge is 0.395 e. The van der Waals surface area contributed by atoms with Gasteiger partial charge in [0.1, 0.15) is 5.82 Å². The van der Waals surface area contributed by atoms with Gasteiger partial charge < -0.3 is 24.9 Å². The zero-order chi connectivity index (χ0) is 28.0. The van der Waals surface area contributed by atoms with Gasteiger partial charge in [-0.2, -0.15) is 4.98 Å². The summed E-state index contributed by atoms with van der Waals surface area (Å²) in [5.74, 6) is -5.73. The van der Waals surface area contributed by atoms with Gasteiger partial charge in [-0.3, -0.25) is 4.79 Å². The van der Waals surface area contributed by atoms with Crippen molar-refractivity contribution in [2.75, 3.05) is 58.4 Å². The van der Waals surface area contributed by atoms with Crippen LogP contribution in [0.15, 0.2) is 24.3 Å². The lowest BCUT2D eigenvalue weighted by molar-refractivity contribution is -0.0222. The molecule has 3 aliphatic rings. The summed E-state index contributed by atoms with van der Waals surface area (Å²) in [6.07, 6.45) is -0.269. The molecule has 8 nitrogen and oxygen atoms in total. The van der Waals surface area contributed by atoms with Crippen LogP contribution in [0.4, 0.5) is 40.7 Å². The van der Waals surface area contributed by atoms with Gasteiger partial charge >= 0.3 is 0 Å². The lowest BCUT2D eigenvalue weighted by Crippen LogP contribution is -2.40. The molecular weight excluding hydrogens is 536 g/mol. The fourth-order valence-electron chi connectivity index (χ4n) is 5.43. The van der Waals surface area contributed by atoms with Crippen molar-refractivity contribution >= 4 is 41.0 Å².